The quantitative estimate of drug-likeness (QED) is 0.145. The van der Waals surface area contributed by atoms with Crippen molar-refractivity contribution in [1.82, 2.24) is 39.5 Å². The zero-order valence-electron chi connectivity index (χ0n) is 43.4. The van der Waals surface area contributed by atoms with E-state index in [0.717, 1.165) is 115 Å². The first kappa shape index (κ1) is 48.9. The molecule has 8 aliphatic rings. The Labute approximate surface area is 433 Å². The molecule has 1 spiro atoms. The molecule has 3 aromatic heterocycles. The van der Waals surface area contributed by atoms with Gasteiger partial charge < -0.3 is 29.5 Å². The first-order chi connectivity index (χ1) is 35.7. The van der Waals surface area contributed by atoms with E-state index >= 15 is 4.79 Å². The van der Waals surface area contributed by atoms with Crippen LogP contribution in [0.2, 0.25) is 0 Å². The number of alkyl halides is 1. The number of imidazole rings is 1. The van der Waals surface area contributed by atoms with E-state index in [1.54, 1.807) is 6.20 Å². The van der Waals surface area contributed by atoms with E-state index in [1.165, 1.54) is 0 Å². The molecule has 0 bridgehead atoms. The molecule has 2 N–H and O–H groups in total. The van der Waals surface area contributed by atoms with Crippen molar-refractivity contribution in [2.75, 3.05) is 67.5 Å². The minimum Gasteiger partial charge on any atom is -0.366 e. The lowest BCUT2D eigenvalue weighted by Gasteiger charge is -2.49. The minimum absolute atomic E-state index is 0.0137. The molecule has 2 aliphatic carbocycles. The van der Waals surface area contributed by atoms with E-state index in [-0.39, 0.29) is 59.5 Å². The van der Waals surface area contributed by atoms with Gasteiger partial charge in [0.15, 0.2) is 5.82 Å². The number of carbonyl (C=O) groups is 5. The molecule has 17 heteroatoms. The minimum atomic E-state index is -0.795. The first-order valence-corrected chi connectivity index (χ1v) is 27.9. The SMILES string of the molecule is CC(C)n1cnc2cc(-c3ccc4c(c3)N([C@H]3C[C@@H](N5CCC[C@H](F)C5)C3)C(=O)C43CCN(C(=O)C4(C)CCN(C(=O)CC5CCN(c6ccc(C7CCC(=O)NC7=O)cn6)CC5)CC4)CC3)nc(NC3CC3)c21. The summed E-state index contributed by atoms with van der Waals surface area (Å²) in [5.74, 6) is 1.52. The predicted octanol–water partition coefficient (Wildman–Crippen LogP) is 7.28. The molecule has 9 heterocycles. The number of likely N-dealkylation sites (tertiary alicyclic amines) is 3. The van der Waals surface area contributed by atoms with E-state index in [0.29, 0.717) is 90.1 Å². The fourth-order valence-electron chi connectivity index (χ4n) is 13.6. The van der Waals surface area contributed by atoms with Crippen molar-refractivity contribution in [2.24, 2.45) is 11.3 Å². The number of piperidine rings is 5. The first-order valence-electron chi connectivity index (χ1n) is 27.9. The molecule has 16 nitrogen and oxygen atoms in total. The van der Waals surface area contributed by atoms with Crippen molar-refractivity contribution in [3.8, 4) is 11.3 Å². The highest BCUT2D eigenvalue weighted by Gasteiger charge is 2.57. The number of fused-ring (bicyclic) bond motifs is 3. The molecule has 2 saturated carbocycles. The molecule has 2 atom stereocenters. The Morgan fingerprint density at radius 3 is 2.30 bits per heavy atom. The van der Waals surface area contributed by atoms with Crippen LogP contribution in [0, 0.1) is 11.3 Å². The van der Waals surface area contributed by atoms with Crippen molar-refractivity contribution < 1.29 is 28.4 Å². The largest absolute Gasteiger partial charge is 0.366 e. The summed E-state index contributed by atoms with van der Waals surface area (Å²) >= 11 is 0. The van der Waals surface area contributed by atoms with E-state index < -0.39 is 17.0 Å². The molecule has 0 radical (unpaired) electrons. The molecular weight excluding hydrogens is 938 g/mol. The summed E-state index contributed by atoms with van der Waals surface area (Å²) in [7, 11) is 0. The Bertz CT molecular complexity index is 2840. The van der Waals surface area contributed by atoms with E-state index in [1.807, 2.05) is 28.3 Å². The van der Waals surface area contributed by atoms with E-state index in [4.69, 9.17) is 9.97 Å². The van der Waals surface area contributed by atoms with Crippen LogP contribution in [0.15, 0.2) is 48.9 Å². The van der Waals surface area contributed by atoms with Crippen molar-refractivity contribution in [3.05, 3.63) is 60.0 Å². The molecular formula is C57H72FN11O5. The van der Waals surface area contributed by atoms with Gasteiger partial charge >= 0.3 is 0 Å². The molecule has 1 unspecified atom stereocenters. The summed E-state index contributed by atoms with van der Waals surface area (Å²) in [6.45, 7) is 11.4. The standard InChI is InChI=1S/C57H72FN11O5/c1-35(2)68-34-60-46-31-45(62-52(51(46)68)61-40-8-9-40)37-6-11-44-47(28-37)69(42-29-41(30-42)67-20-4-5-39(58)33-67)55(74)57(44)18-25-66(26-19-57)54(73)56(3)16-23-65(24-17-56)50(71)27-36-14-21-64(22-15-36)48-12-7-38(32-59-48)43-10-13-49(70)63-53(43)72/h6-7,11-12,28,31-32,34-36,39-43H,4-5,8-10,13-27,29-30,33H2,1-3H3,(H,61,62)(H,63,70,72)/t39-,41-,42+,43?/m0/s1. The highest BCUT2D eigenvalue weighted by atomic mass is 19.1. The lowest BCUT2D eigenvalue weighted by Crippen LogP contribution is -2.59. The van der Waals surface area contributed by atoms with Crippen LogP contribution in [0.25, 0.3) is 22.3 Å². The van der Waals surface area contributed by atoms with Crippen molar-refractivity contribution in [1.29, 1.82) is 0 Å². The van der Waals surface area contributed by atoms with Crippen LogP contribution >= 0.6 is 0 Å². The number of halogens is 1. The zero-order valence-corrected chi connectivity index (χ0v) is 43.4. The Morgan fingerprint density at radius 1 is 0.851 bits per heavy atom. The summed E-state index contributed by atoms with van der Waals surface area (Å²) in [6, 6.07) is 13.3. The van der Waals surface area contributed by atoms with Gasteiger partial charge in [0.25, 0.3) is 0 Å². The maximum atomic E-state index is 15.3. The van der Waals surface area contributed by atoms with Crippen molar-refractivity contribution >= 4 is 57.9 Å². The normalized spacial score (nSPS) is 26.4. The van der Waals surface area contributed by atoms with Gasteiger partial charge in [-0.05, 0) is 139 Å². The van der Waals surface area contributed by atoms with E-state index in [2.05, 4.69) is 79.9 Å². The number of amides is 5. The number of nitrogens with one attached hydrogen (secondary N) is 2. The van der Waals surface area contributed by atoms with Gasteiger partial charge in [0.1, 0.15) is 17.5 Å². The van der Waals surface area contributed by atoms with Gasteiger partial charge in [0.2, 0.25) is 29.5 Å². The van der Waals surface area contributed by atoms with Crippen LogP contribution in [-0.4, -0.2) is 140 Å². The summed E-state index contributed by atoms with van der Waals surface area (Å²) in [4.78, 5) is 92.9. The van der Waals surface area contributed by atoms with Gasteiger partial charge in [-0.2, -0.15) is 0 Å². The predicted molar refractivity (Wildman–Crippen MR) is 280 cm³/mol. The van der Waals surface area contributed by atoms with Crippen LogP contribution in [0.1, 0.15) is 140 Å². The summed E-state index contributed by atoms with van der Waals surface area (Å²) in [5, 5.41) is 6.11. The number of aromatic nitrogens is 4. The third kappa shape index (κ3) is 9.01. The van der Waals surface area contributed by atoms with Gasteiger partial charge in [-0.15, -0.1) is 0 Å². The molecule has 5 saturated heterocycles. The number of pyridine rings is 2. The van der Waals surface area contributed by atoms with Gasteiger partial charge in [0, 0.05) is 106 Å². The molecule has 6 aliphatic heterocycles. The van der Waals surface area contributed by atoms with Gasteiger partial charge in [-0.1, -0.05) is 25.1 Å². The molecule has 1 aromatic carbocycles. The fraction of sp³-hybridized carbons (Fsp3) is 0.614. The summed E-state index contributed by atoms with van der Waals surface area (Å²) in [5.41, 5.74) is 5.09. The number of hydrogen-bond donors (Lipinski definition) is 2. The Morgan fingerprint density at radius 2 is 1.61 bits per heavy atom. The fourth-order valence-corrected chi connectivity index (χ4v) is 13.6. The molecule has 74 heavy (non-hydrogen) atoms. The maximum absolute atomic E-state index is 15.3. The van der Waals surface area contributed by atoms with Gasteiger partial charge in [-0.3, -0.25) is 34.2 Å². The molecule has 7 fully saturated rings. The highest BCUT2D eigenvalue weighted by molar-refractivity contribution is 6.09. The molecule has 12 rings (SSSR count). The Kier molecular flexibility index (Phi) is 12.8. The second kappa shape index (κ2) is 19.3. The average Bonchev–Trinajstić information content (AvgIpc) is 4.07. The topological polar surface area (TPSA) is 169 Å². The number of rotatable bonds is 11. The van der Waals surface area contributed by atoms with Gasteiger partial charge in [-0.25, -0.2) is 19.3 Å². The van der Waals surface area contributed by atoms with Crippen LogP contribution < -0.4 is 20.4 Å². The van der Waals surface area contributed by atoms with Crippen molar-refractivity contribution in [2.45, 2.75) is 159 Å². The second-order valence-electron chi connectivity index (χ2n) is 23.7. The molecule has 392 valence electrons. The number of nitrogens with zero attached hydrogens (tertiary/aromatic N) is 9. The van der Waals surface area contributed by atoms with Crippen LogP contribution in [0.4, 0.5) is 21.7 Å². The summed E-state index contributed by atoms with van der Waals surface area (Å²) in [6.07, 6.45) is 13.6. The third-order valence-corrected chi connectivity index (χ3v) is 18.5. The lowest BCUT2D eigenvalue weighted by molar-refractivity contribution is -0.149. The number of anilines is 3. The second-order valence-corrected chi connectivity index (χ2v) is 23.7. The zero-order chi connectivity index (χ0) is 51.0. The Balaban J connectivity index is 0.692. The van der Waals surface area contributed by atoms with Crippen molar-refractivity contribution in [3.63, 3.8) is 0 Å². The smallest absolute Gasteiger partial charge is 0.238 e. The number of benzene rings is 1. The van der Waals surface area contributed by atoms with Crippen LogP contribution in [-0.2, 0) is 29.4 Å². The van der Waals surface area contributed by atoms with Crippen LogP contribution in [0.3, 0.4) is 0 Å². The molecule has 4 aromatic rings. The van der Waals surface area contributed by atoms with Crippen LogP contribution in [0.5, 0.6) is 0 Å². The number of hydrogen-bond acceptors (Lipinski definition) is 11. The lowest BCUT2D eigenvalue weighted by atomic mass is 9.72. The Hall–Kier alpha value is -5.97. The number of carbonyl (C=O) groups excluding carboxylic acids is 5. The monoisotopic (exact) mass is 1010 g/mol. The molecule has 5 amide bonds. The maximum Gasteiger partial charge on any atom is 0.238 e. The average molecular weight is 1010 g/mol. The summed E-state index contributed by atoms with van der Waals surface area (Å²) < 4.78 is 16.8. The highest BCUT2D eigenvalue weighted by Crippen LogP contribution is 2.53. The third-order valence-electron chi connectivity index (χ3n) is 18.5. The number of imide groups is 1. The van der Waals surface area contributed by atoms with E-state index in [9.17, 15) is 23.6 Å². The van der Waals surface area contributed by atoms with Gasteiger partial charge in [0.05, 0.1) is 28.9 Å².